The SMILES string of the molecule is Cc1cc(OCC2CCOC2)cc(C)c1Br. The first-order valence-corrected chi connectivity index (χ1v) is 6.43. The maximum atomic E-state index is 5.81. The second kappa shape index (κ2) is 5.19. The molecule has 1 aliphatic heterocycles. The summed E-state index contributed by atoms with van der Waals surface area (Å²) < 4.78 is 12.3. The van der Waals surface area contributed by atoms with Gasteiger partial charge in [-0.1, -0.05) is 15.9 Å². The summed E-state index contributed by atoms with van der Waals surface area (Å²) in [5.74, 6) is 1.52. The van der Waals surface area contributed by atoms with Crippen molar-refractivity contribution in [1.82, 2.24) is 0 Å². The molecule has 3 heteroatoms. The lowest BCUT2D eigenvalue weighted by Crippen LogP contribution is -2.11. The van der Waals surface area contributed by atoms with Crippen molar-refractivity contribution < 1.29 is 9.47 Å². The average Bonchev–Trinajstić information content (AvgIpc) is 2.75. The van der Waals surface area contributed by atoms with E-state index in [1.165, 1.54) is 15.6 Å². The maximum Gasteiger partial charge on any atom is 0.119 e. The third kappa shape index (κ3) is 2.77. The van der Waals surface area contributed by atoms with Gasteiger partial charge in [0.25, 0.3) is 0 Å². The first kappa shape index (κ1) is 11.9. The second-order valence-electron chi connectivity index (χ2n) is 4.41. The lowest BCUT2D eigenvalue weighted by molar-refractivity contribution is 0.167. The normalized spacial score (nSPS) is 20.1. The van der Waals surface area contributed by atoms with E-state index in [-0.39, 0.29) is 0 Å². The molecule has 88 valence electrons. The van der Waals surface area contributed by atoms with Crippen LogP contribution in [0.4, 0.5) is 0 Å². The highest BCUT2D eigenvalue weighted by molar-refractivity contribution is 9.10. The standard InChI is InChI=1S/C13H17BrO2/c1-9-5-12(6-10(2)13(9)14)16-8-11-3-4-15-7-11/h5-6,11H,3-4,7-8H2,1-2H3. The fourth-order valence-electron chi connectivity index (χ4n) is 1.92. The zero-order chi connectivity index (χ0) is 11.5. The molecule has 2 nitrogen and oxygen atoms in total. The molecule has 0 aliphatic carbocycles. The summed E-state index contributed by atoms with van der Waals surface area (Å²) in [4.78, 5) is 0. The highest BCUT2D eigenvalue weighted by Gasteiger charge is 2.16. The Balaban J connectivity index is 1.98. The number of ether oxygens (including phenoxy) is 2. The molecule has 1 unspecified atom stereocenters. The van der Waals surface area contributed by atoms with Gasteiger partial charge in [-0.3, -0.25) is 0 Å². The number of aryl methyl sites for hydroxylation is 2. The highest BCUT2D eigenvalue weighted by atomic mass is 79.9. The largest absolute Gasteiger partial charge is 0.493 e. The van der Waals surface area contributed by atoms with Gasteiger partial charge in [-0.25, -0.2) is 0 Å². The predicted molar refractivity (Wildman–Crippen MR) is 68.0 cm³/mol. The Morgan fingerprint density at radius 1 is 1.38 bits per heavy atom. The summed E-state index contributed by atoms with van der Waals surface area (Å²) in [5, 5.41) is 0. The molecule has 16 heavy (non-hydrogen) atoms. The van der Waals surface area contributed by atoms with E-state index >= 15 is 0 Å². The number of benzene rings is 1. The van der Waals surface area contributed by atoms with Crippen molar-refractivity contribution in [2.75, 3.05) is 19.8 Å². The van der Waals surface area contributed by atoms with Gasteiger partial charge in [0.1, 0.15) is 5.75 Å². The van der Waals surface area contributed by atoms with Gasteiger partial charge < -0.3 is 9.47 Å². The van der Waals surface area contributed by atoms with Crippen LogP contribution in [0.2, 0.25) is 0 Å². The topological polar surface area (TPSA) is 18.5 Å². The van der Waals surface area contributed by atoms with Crippen molar-refractivity contribution in [3.05, 3.63) is 27.7 Å². The maximum absolute atomic E-state index is 5.81. The van der Waals surface area contributed by atoms with E-state index in [0.29, 0.717) is 5.92 Å². The van der Waals surface area contributed by atoms with Crippen molar-refractivity contribution in [1.29, 1.82) is 0 Å². The molecule has 0 bridgehead atoms. The van der Waals surface area contributed by atoms with Gasteiger partial charge in [0, 0.05) is 17.0 Å². The molecular weight excluding hydrogens is 268 g/mol. The van der Waals surface area contributed by atoms with Crippen molar-refractivity contribution >= 4 is 15.9 Å². The average molecular weight is 285 g/mol. The first-order chi connectivity index (χ1) is 7.66. The van der Waals surface area contributed by atoms with Crippen LogP contribution < -0.4 is 4.74 Å². The van der Waals surface area contributed by atoms with E-state index in [1.807, 2.05) is 0 Å². The predicted octanol–water partition coefficient (Wildman–Crippen LogP) is 3.48. The molecule has 0 radical (unpaired) electrons. The Bertz CT molecular complexity index is 347. The molecule has 1 fully saturated rings. The van der Waals surface area contributed by atoms with Gasteiger partial charge in [-0.2, -0.15) is 0 Å². The number of hydrogen-bond donors (Lipinski definition) is 0. The number of halogens is 1. The molecule has 1 aromatic rings. The molecule has 2 rings (SSSR count). The quantitative estimate of drug-likeness (QED) is 0.846. The lowest BCUT2D eigenvalue weighted by Gasteiger charge is -2.12. The minimum atomic E-state index is 0.559. The van der Waals surface area contributed by atoms with Gasteiger partial charge in [0.15, 0.2) is 0 Å². The summed E-state index contributed by atoms with van der Waals surface area (Å²) in [6.45, 7) is 6.66. The van der Waals surface area contributed by atoms with Gasteiger partial charge in [0.2, 0.25) is 0 Å². The van der Waals surface area contributed by atoms with Crippen LogP contribution in [0.15, 0.2) is 16.6 Å². The third-order valence-corrected chi connectivity index (χ3v) is 4.17. The summed E-state index contributed by atoms with van der Waals surface area (Å²) in [6, 6.07) is 4.15. The molecule has 1 heterocycles. The van der Waals surface area contributed by atoms with Crippen LogP contribution in [0, 0.1) is 19.8 Å². The summed E-state index contributed by atoms with van der Waals surface area (Å²) >= 11 is 3.56. The molecule has 1 aliphatic rings. The lowest BCUT2D eigenvalue weighted by atomic mass is 10.1. The molecule has 0 saturated carbocycles. The van der Waals surface area contributed by atoms with Gasteiger partial charge >= 0.3 is 0 Å². The van der Waals surface area contributed by atoms with E-state index < -0.39 is 0 Å². The molecule has 1 saturated heterocycles. The Labute approximate surface area is 105 Å². The fourth-order valence-corrected chi connectivity index (χ4v) is 2.15. The fraction of sp³-hybridized carbons (Fsp3) is 0.538. The van der Waals surface area contributed by atoms with Crippen LogP contribution in [0.25, 0.3) is 0 Å². The molecule has 1 aromatic carbocycles. The van der Waals surface area contributed by atoms with Gasteiger partial charge in [-0.05, 0) is 43.5 Å². The van der Waals surface area contributed by atoms with Crippen LogP contribution in [-0.4, -0.2) is 19.8 Å². The summed E-state index contributed by atoms with van der Waals surface area (Å²) in [7, 11) is 0. The minimum Gasteiger partial charge on any atom is -0.493 e. The van der Waals surface area contributed by atoms with Crippen LogP contribution in [0.1, 0.15) is 17.5 Å². The Morgan fingerprint density at radius 2 is 2.06 bits per heavy atom. The molecule has 0 aromatic heterocycles. The van der Waals surface area contributed by atoms with E-state index in [0.717, 1.165) is 32.0 Å². The molecule has 0 amide bonds. The van der Waals surface area contributed by atoms with Crippen molar-refractivity contribution in [3.63, 3.8) is 0 Å². The first-order valence-electron chi connectivity index (χ1n) is 5.64. The van der Waals surface area contributed by atoms with Crippen LogP contribution >= 0.6 is 15.9 Å². The third-order valence-electron chi connectivity index (χ3n) is 2.92. The summed E-state index contributed by atoms with van der Waals surface area (Å²) in [5.41, 5.74) is 2.44. The van der Waals surface area contributed by atoms with E-state index in [2.05, 4.69) is 41.9 Å². The van der Waals surface area contributed by atoms with Crippen LogP contribution in [0.5, 0.6) is 5.75 Å². The molecule has 0 spiro atoms. The zero-order valence-corrected chi connectivity index (χ0v) is 11.3. The van der Waals surface area contributed by atoms with Crippen molar-refractivity contribution in [2.24, 2.45) is 5.92 Å². The monoisotopic (exact) mass is 284 g/mol. The van der Waals surface area contributed by atoms with E-state index in [4.69, 9.17) is 9.47 Å². The molecular formula is C13H17BrO2. The number of rotatable bonds is 3. The van der Waals surface area contributed by atoms with Crippen molar-refractivity contribution in [3.8, 4) is 5.75 Å². The van der Waals surface area contributed by atoms with Gasteiger partial charge in [-0.15, -0.1) is 0 Å². The smallest absolute Gasteiger partial charge is 0.119 e. The van der Waals surface area contributed by atoms with Crippen LogP contribution in [0.3, 0.4) is 0 Å². The van der Waals surface area contributed by atoms with E-state index in [9.17, 15) is 0 Å². The van der Waals surface area contributed by atoms with E-state index in [1.54, 1.807) is 0 Å². The zero-order valence-electron chi connectivity index (χ0n) is 9.75. The van der Waals surface area contributed by atoms with Gasteiger partial charge in [0.05, 0.1) is 13.2 Å². The Kier molecular flexibility index (Phi) is 3.87. The Morgan fingerprint density at radius 3 is 2.62 bits per heavy atom. The summed E-state index contributed by atoms with van der Waals surface area (Å²) in [6.07, 6.45) is 1.12. The second-order valence-corrected chi connectivity index (χ2v) is 5.20. The number of hydrogen-bond acceptors (Lipinski definition) is 2. The van der Waals surface area contributed by atoms with Crippen molar-refractivity contribution in [2.45, 2.75) is 20.3 Å². The van der Waals surface area contributed by atoms with Crippen LogP contribution in [-0.2, 0) is 4.74 Å². The molecule has 0 N–H and O–H groups in total. The molecule has 1 atom stereocenters. The highest BCUT2D eigenvalue weighted by Crippen LogP contribution is 2.27. The minimum absolute atomic E-state index is 0.559. The Hall–Kier alpha value is -0.540.